The zero-order valence-electron chi connectivity index (χ0n) is 31.4. The van der Waals surface area contributed by atoms with Crippen LogP contribution in [0.4, 0.5) is 0 Å². The monoisotopic (exact) mass is 684 g/mol. The second kappa shape index (κ2) is 15.9. The van der Waals surface area contributed by atoms with Gasteiger partial charge in [0, 0.05) is 11.8 Å². The molecule has 3 fully saturated rings. The first-order valence-electron chi connectivity index (χ1n) is 20.3. The lowest BCUT2D eigenvalue weighted by atomic mass is 9.72. The van der Waals surface area contributed by atoms with E-state index in [0.29, 0.717) is 35.0 Å². The number of hydrogen-bond acceptors (Lipinski definition) is 3. The van der Waals surface area contributed by atoms with E-state index in [9.17, 15) is 15.3 Å². The highest BCUT2D eigenvalue weighted by atomic mass is 16.3. The van der Waals surface area contributed by atoms with Crippen molar-refractivity contribution < 1.29 is 15.3 Å². The molecule has 0 spiro atoms. The summed E-state index contributed by atoms with van der Waals surface area (Å²) in [5.74, 6) is 2.66. The molecule has 0 saturated heterocycles. The smallest absolute Gasteiger partial charge is 0.119 e. The molecule has 3 aliphatic rings. The summed E-state index contributed by atoms with van der Waals surface area (Å²) in [6.45, 7) is 6.52. The van der Waals surface area contributed by atoms with Crippen LogP contribution in [0.1, 0.15) is 188 Å². The van der Waals surface area contributed by atoms with Gasteiger partial charge in [0.25, 0.3) is 0 Å². The summed E-state index contributed by atoms with van der Waals surface area (Å²) in [4.78, 5) is 0. The topological polar surface area (TPSA) is 60.7 Å². The maximum absolute atomic E-state index is 11.4. The van der Waals surface area contributed by atoms with Gasteiger partial charge in [0.2, 0.25) is 0 Å². The summed E-state index contributed by atoms with van der Waals surface area (Å²) in [5.41, 5.74) is 11.9. The predicted molar refractivity (Wildman–Crippen MR) is 211 cm³/mol. The quantitative estimate of drug-likeness (QED) is 0.164. The summed E-state index contributed by atoms with van der Waals surface area (Å²) in [7, 11) is 0. The molecule has 3 aliphatic carbocycles. The minimum absolute atomic E-state index is 0.0485. The highest BCUT2D eigenvalue weighted by molar-refractivity contribution is 5.54. The van der Waals surface area contributed by atoms with Crippen molar-refractivity contribution in [3.63, 3.8) is 0 Å². The fourth-order valence-electron chi connectivity index (χ4n) is 10.3. The fraction of sp³-hybridized carbons (Fsp3) is 0.500. The van der Waals surface area contributed by atoms with E-state index in [1.807, 2.05) is 18.2 Å². The standard InChI is InChI=1S/C48H60O3/c1-31-24-46(49)42(35-18-10-5-11-19-35)27-38(31)41(34-16-8-4-9-17-34)30-45(39-28-43(47(50)25-32(39)2)36-20-12-6-13-21-36)40-29-44(48(51)26-33(40)3)37-22-14-7-15-23-37/h4,8-9,16-17,24-29,35-37,41,45,49-51H,5-7,10-15,18-23,30H2,1-3H3. The number of hydrogen-bond donors (Lipinski definition) is 3. The van der Waals surface area contributed by atoms with E-state index in [-0.39, 0.29) is 11.8 Å². The summed E-state index contributed by atoms with van der Waals surface area (Å²) < 4.78 is 0. The van der Waals surface area contributed by atoms with Gasteiger partial charge in [-0.15, -0.1) is 0 Å². The summed E-state index contributed by atoms with van der Waals surface area (Å²) in [6, 6.07) is 24.2. The van der Waals surface area contributed by atoms with Crippen LogP contribution in [-0.4, -0.2) is 15.3 Å². The molecule has 0 amide bonds. The molecule has 4 aromatic carbocycles. The van der Waals surface area contributed by atoms with Crippen molar-refractivity contribution >= 4 is 0 Å². The molecule has 3 nitrogen and oxygen atoms in total. The summed E-state index contributed by atoms with van der Waals surface area (Å²) in [5, 5.41) is 34.2. The molecule has 1 unspecified atom stereocenters. The molecule has 0 aliphatic heterocycles. The first kappa shape index (κ1) is 35.7. The van der Waals surface area contributed by atoms with Gasteiger partial charge in [-0.1, -0.05) is 106 Å². The third-order valence-corrected chi connectivity index (χ3v) is 13.2. The Morgan fingerprint density at radius 2 is 0.784 bits per heavy atom. The highest BCUT2D eigenvalue weighted by Gasteiger charge is 2.31. The maximum Gasteiger partial charge on any atom is 0.119 e. The number of rotatable bonds is 9. The van der Waals surface area contributed by atoms with Gasteiger partial charge in [-0.3, -0.25) is 0 Å². The van der Waals surface area contributed by atoms with Gasteiger partial charge in [-0.25, -0.2) is 0 Å². The number of aromatic hydroxyl groups is 3. The Labute approximate surface area is 307 Å². The molecule has 3 heteroatoms. The van der Waals surface area contributed by atoms with Crippen LogP contribution in [0.25, 0.3) is 0 Å². The Kier molecular flexibility index (Phi) is 11.1. The Morgan fingerprint density at radius 1 is 0.451 bits per heavy atom. The van der Waals surface area contributed by atoms with Crippen LogP contribution < -0.4 is 0 Å². The van der Waals surface area contributed by atoms with Crippen molar-refractivity contribution in [2.45, 2.75) is 153 Å². The van der Waals surface area contributed by atoms with Crippen molar-refractivity contribution in [3.8, 4) is 17.2 Å². The van der Waals surface area contributed by atoms with E-state index in [0.717, 1.165) is 78.3 Å². The third kappa shape index (κ3) is 7.74. The Balaban J connectivity index is 1.41. The molecule has 270 valence electrons. The SMILES string of the molecule is Cc1cc(O)c(C2CCCCC2)cc1C(CC(c1cc(C2CCCCC2)c(O)cc1C)c1cc(C2CCCCC2)c(O)cc1C)c1ccccc1. The van der Waals surface area contributed by atoms with Gasteiger partial charge >= 0.3 is 0 Å². The van der Waals surface area contributed by atoms with Crippen LogP contribution >= 0.6 is 0 Å². The second-order valence-electron chi connectivity index (χ2n) is 16.6. The van der Waals surface area contributed by atoms with Gasteiger partial charge in [-0.2, -0.15) is 0 Å². The van der Waals surface area contributed by atoms with E-state index in [1.54, 1.807) is 0 Å². The summed E-state index contributed by atoms with van der Waals surface area (Å²) >= 11 is 0. The molecular weight excluding hydrogens is 625 g/mol. The van der Waals surface area contributed by atoms with E-state index in [2.05, 4.69) is 69.3 Å². The van der Waals surface area contributed by atoms with Crippen molar-refractivity contribution in [2.24, 2.45) is 0 Å². The van der Waals surface area contributed by atoms with Gasteiger partial charge in [0.1, 0.15) is 17.2 Å². The number of phenols is 3. The van der Waals surface area contributed by atoms with Crippen LogP contribution in [0.3, 0.4) is 0 Å². The molecule has 1 atom stereocenters. The maximum atomic E-state index is 11.4. The molecule has 51 heavy (non-hydrogen) atoms. The zero-order valence-corrected chi connectivity index (χ0v) is 31.4. The Bertz CT molecular complexity index is 1710. The van der Waals surface area contributed by atoms with Crippen molar-refractivity contribution in [3.05, 3.63) is 122 Å². The molecule has 4 aromatic rings. The zero-order chi connectivity index (χ0) is 35.5. The molecular formula is C48H60O3. The van der Waals surface area contributed by atoms with Crippen LogP contribution in [0, 0.1) is 20.8 Å². The van der Waals surface area contributed by atoms with E-state index >= 15 is 0 Å². The van der Waals surface area contributed by atoms with E-state index < -0.39 is 0 Å². The van der Waals surface area contributed by atoms with Gasteiger partial charge < -0.3 is 15.3 Å². The van der Waals surface area contributed by atoms with Gasteiger partial charge in [0.05, 0.1) is 0 Å². The normalized spacial score (nSPS) is 18.7. The largest absolute Gasteiger partial charge is 0.508 e. The Morgan fingerprint density at radius 3 is 1.14 bits per heavy atom. The van der Waals surface area contributed by atoms with Crippen LogP contribution in [0.2, 0.25) is 0 Å². The third-order valence-electron chi connectivity index (χ3n) is 13.2. The Hall–Kier alpha value is -3.72. The van der Waals surface area contributed by atoms with Crippen LogP contribution in [0.15, 0.2) is 66.7 Å². The first-order chi connectivity index (χ1) is 24.8. The van der Waals surface area contributed by atoms with E-state index in [4.69, 9.17) is 0 Å². The molecule has 0 aromatic heterocycles. The van der Waals surface area contributed by atoms with Crippen LogP contribution in [-0.2, 0) is 0 Å². The first-order valence-corrected chi connectivity index (χ1v) is 20.3. The van der Waals surface area contributed by atoms with Crippen molar-refractivity contribution in [1.29, 1.82) is 0 Å². The van der Waals surface area contributed by atoms with E-state index in [1.165, 1.54) is 80.0 Å². The number of phenolic OH excluding ortho intramolecular Hbond substituents is 3. The lowest BCUT2D eigenvalue weighted by Gasteiger charge is -2.32. The average molecular weight is 685 g/mol. The molecule has 0 radical (unpaired) electrons. The number of aryl methyl sites for hydroxylation is 3. The predicted octanol–water partition coefficient (Wildman–Crippen LogP) is 13.2. The van der Waals surface area contributed by atoms with Crippen molar-refractivity contribution in [1.82, 2.24) is 0 Å². The van der Waals surface area contributed by atoms with Crippen LogP contribution in [0.5, 0.6) is 17.2 Å². The number of benzene rings is 4. The van der Waals surface area contributed by atoms with Gasteiger partial charge in [-0.05, 0) is 157 Å². The van der Waals surface area contributed by atoms with Crippen molar-refractivity contribution in [2.75, 3.05) is 0 Å². The molecule has 0 heterocycles. The fourth-order valence-corrected chi connectivity index (χ4v) is 10.3. The minimum atomic E-state index is 0.0485. The molecule has 3 N–H and O–H groups in total. The second-order valence-corrected chi connectivity index (χ2v) is 16.6. The molecule has 0 bridgehead atoms. The molecule has 7 rings (SSSR count). The lowest BCUT2D eigenvalue weighted by molar-refractivity contribution is 0.412. The molecule has 3 saturated carbocycles. The minimum Gasteiger partial charge on any atom is -0.508 e. The lowest BCUT2D eigenvalue weighted by Crippen LogP contribution is -2.16. The average Bonchev–Trinajstić information content (AvgIpc) is 3.15. The van der Waals surface area contributed by atoms with Gasteiger partial charge in [0.15, 0.2) is 0 Å². The highest BCUT2D eigenvalue weighted by Crippen LogP contribution is 2.49. The summed E-state index contributed by atoms with van der Waals surface area (Å²) in [6.07, 6.45) is 18.8.